The van der Waals surface area contributed by atoms with E-state index in [0.717, 1.165) is 75.8 Å². The molecular weight excluding hydrogens is 841 g/mol. The molecule has 0 saturated heterocycles. The maximum absolute atomic E-state index is 5.83. The van der Waals surface area contributed by atoms with Gasteiger partial charge in [-0.05, 0) is 133 Å². The first-order valence-electron chi connectivity index (χ1n) is 22.7. The van der Waals surface area contributed by atoms with Crippen LogP contribution in [-0.2, 0) is 53.1 Å². The molecule has 20 heteroatoms. The van der Waals surface area contributed by atoms with E-state index in [0.29, 0.717) is 78.5 Å². The smallest absolute Gasteiger partial charge is 0.377 e. The summed E-state index contributed by atoms with van der Waals surface area (Å²) < 4.78 is 67.1. The van der Waals surface area contributed by atoms with E-state index in [1.165, 1.54) is 5.71 Å². The van der Waals surface area contributed by atoms with Gasteiger partial charge in [0.15, 0.2) is 0 Å². The lowest BCUT2D eigenvalue weighted by molar-refractivity contribution is 0.0700. The molecule has 0 atom stereocenters. The third-order valence-corrected chi connectivity index (χ3v) is 20.5. The van der Waals surface area contributed by atoms with Gasteiger partial charge in [0.05, 0.1) is 0 Å². The number of hydrogen-bond donors (Lipinski definition) is 3. The van der Waals surface area contributed by atoms with Crippen molar-refractivity contribution in [2.45, 2.75) is 146 Å². The van der Waals surface area contributed by atoms with Gasteiger partial charge in [0.25, 0.3) is 0 Å². The first kappa shape index (κ1) is 66.5. The molecule has 0 aliphatic carbocycles. The van der Waals surface area contributed by atoms with E-state index in [1.54, 1.807) is 21.3 Å². The van der Waals surface area contributed by atoms with Crippen molar-refractivity contribution >= 4 is 40.9 Å². The molecule has 0 rings (SSSR count). The van der Waals surface area contributed by atoms with E-state index in [-0.39, 0.29) is 0 Å². The Morgan fingerprint density at radius 3 is 0.933 bits per heavy atom. The summed E-state index contributed by atoms with van der Waals surface area (Å²) in [5.74, 6) is 0.669. The molecule has 0 aromatic carbocycles. The molecule has 0 aliphatic heterocycles. The first-order valence-corrected chi connectivity index (χ1v) is 30.5. The van der Waals surface area contributed by atoms with Crippen molar-refractivity contribution in [3.8, 4) is 0 Å². The van der Waals surface area contributed by atoms with Crippen molar-refractivity contribution in [2.75, 3.05) is 107 Å². The fourth-order valence-corrected chi connectivity index (χ4v) is 15.6. The number of nitrogens with two attached hydrogens (primary N) is 3. The fraction of sp³-hybridized carbons (Fsp3) is 0.975. The van der Waals surface area contributed by atoms with Crippen molar-refractivity contribution in [3.63, 3.8) is 0 Å². The molecule has 6 N–H and O–H groups in total. The molecule has 366 valence electrons. The monoisotopic (exact) mass is 939 g/mol. The summed E-state index contributed by atoms with van der Waals surface area (Å²) in [6, 6.07) is 3.33. The van der Waals surface area contributed by atoms with E-state index >= 15 is 0 Å². The number of rotatable bonds is 37. The molecule has 0 fully saturated rings. The van der Waals surface area contributed by atoms with Gasteiger partial charge >= 0.3 is 35.2 Å². The molecule has 0 radical (unpaired) electrons. The van der Waals surface area contributed by atoms with Gasteiger partial charge in [-0.3, -0.25) is 4.99 Å². The Labute approximate surface area is 373 Å². The Morgan fingerprint density at radius 1 is 0.417 bits per heavy atom. The number of nitrogens with zero attached hydrogens (tertiary/aromatic N) is 1. The molecule has 0 aliphatic rings. The minimum absolute atomic E-state index is 0.636. The predicted octanol–water partition coefficient (Wildman–Crippen LogP) is 7.30. The lowest BCUT2D eigenvalue weighted by Crippen LogP contribution is -2.46. The molecule has 0 aromatic heterocycles. The first-order chi connectivity index (χ1) is 28.7. The molecule has 16 nitrogen and oxygen atoms in total. The summed E-state index contributed by atoms with van der Waals surface area (Å²) in [4.78, 5) is 4.62. The van der Waals surface area contributed by atoms with Gasteiger partial charge in [-0.25, -0.2) is 0 Å². The Hall–Kier alpha value is -0.0625. The van der Waals surface area contributed by atoms with Crippen molar-refractivity contribution in [1.82, 2.24) is 0 Å². The van der Waals surface area contributed by atoms with Gasteiger partial charge in [0.1, 0.15) is 0 Å². The summed E-state index contributed by atoms with van der Waals surface area (Å²) in [6.45, 7) is 32.9. The topological polar surface area (TPSA) is 201 Å². The van der Waals surface area contributed by atoms with Crippen LogP contribution in [0.5, 0.6) is 0 Å². The zero-order chi connectivity index (χ0) is 46.6. The van der Waals surface area contributed by atoms with Crippen LogP contribution in [0, 0.1) is 5.92 Å². The van der Waals surface area contributed by atoms with Gasteiger partial charge in [0, 0.05) is 117 Å². The maximum atomic E-state index is 5.83. The van der Waals surface area contributed by atoms with Gasteiger partial charge in [0.2, 0.25) is 0 Å². The molecule has 0 unspecified atom stereocenters. The van der Waals surface area contributed by atoms with Crippen LogP contribution in [0.4, 0.5) is 0 Å². The average molecular weight is 940 g/mol. The fourth-order valence-electron chi connectivity index (χ4n) is 5.90. The van der Waals surface area contributed by atoms with Crippen LogP contribution in [0.1, 0.15) is 122 Å². The van der Waals surface area contributed by atoms with E-state index < -0.39 is 35.2 Å². The third-order valence-electron chi connectivity index (χ3n) is 8.25. The summed E-state index contributed by atoms with van der Waals surface area (Å²) in [6.07, 6.45) is 5.82. The zero-order valence-electron chi connectivity index (χ0n) is 41.4. The van der Waals surface area contributed by atoms with Crippen molar-refractivity contribution in [3.05, 3.63) is 0 Å². The lowest BCUT2D eigenvalue weighted by atomic mass is 10.1. The van der Waals surface area contributed by atoms with Gasteiger partial charge in [-0.2, -0.15) is 0 Å². The van der Waals surface area contributed by atoms with Crippen molar-refractivity contribution in [1.29, 1.82) is 0 Å². The maximum Gasteiger partial charge on any atom is 0.500 e. The highest BCUT2D eigenvalue weighted by atomic mass is 28.4. The number of unbranched alkanes of at least 4 members (excludes halogenated alkanes) is 1. The Balaban J connectivity index is -0.000000356. The van der Waals surface area contributed by atoms with Crippen LogP contribution in [0.25, 0.3) is 0 Å². The number of aliphatic imine (C=N–C) groups is 1. The Kier molecular flexibility index (Phi) is 50.5. The summed E-state index contributed by atoms with van der Waals surface area (Å²) in [5.41, 5.74) is 17.5. The largest absolute Gasteiger partial charge is 0.500 e. The third kappa shape index (κ3) is 35.3. The summed E-state index contributed by atoms with van der Waals surface area (Å²) in [5, 5.41) is 0. The minimum atomic E-state index is -2.47. The molecule has 0 heterocycles. The summed E-state index contributed by atoms with van der Waals surface area (Å²) >= 11 is 0. The highest BCUT2D eigenvalue weighted by molar-refractivity contribution is 6.61. The van der Waals surface area contributed by atoms with E-state index in [1.807, 2.05) is 62.3 Å². The minimum Gasteiger partial charge on any atom is -0.377 e. The van der Waals surface area contributed by atoms with Gasteiger partial charge < -0.3 is 70.3 Å². The van der Waals surface area contributed by atoms with Crippen molar-refractivity contribution < 1.29 is 53.1 Å². The predicted molar refractivity (Wildman–Crippen MR) is 256 cm³/mol. The van der Waals surface area contributed by atoms with Crippen LogP contribution in [0.3, 0.4) is 0 Å². The van der Waals surface area contributed by atoms with Crippen LogP contribution in [0.2, 0.25) is 24.2 Å². The van der Waals surface area contributed by atoms with Crippen LogP contribution in [-0.4, -0.2) is 148 Å². The quantitative estimate of drug-likeness (QED) is 0.0318. The standard InChI is InChI=1S/C15H33NO3Si.C10H25NO3Si.C9H23NO3Si.C6H17NO3Si/c1-7-17-20(18-8-2,19-9-3)12-10-11-16-15(6)13-14(4)5;1-4-12-15(13-5-2,14-6-3)10-8-7-9-11;1-4-11-14(12-5-2,13-6-3)9-7-8-10;1-8-11(9-2,10-3)6-4-5-7/h14H,7-13H2,1-6H3;4-11H2,1-3H3;4-10H2,1-3H3;4-7H2,1-3H3. The second-order valence-corrected chi connectivity index (χ2v) is 24.9. The lowest BCUT2D eigenvalue weighted by Gasteiger charge is -2.28. The summed E-state index contributed by atoms with van der Waals surface area (Å²) in [7, 11) is -4.75. The Bertz CT molecular complexity index is 861. The highest BCUT2D eigenvalue weighted by Crippen LogP contribution is 2.20. The van der Waals surface area contributed by atoms with E-state index in [9.17, 15) is 0 Å². The molecule has 0 aromatic rings. The normalized spacial score (nSPS) is 12.4. The van der Waals surface area contributed by atoms with E-state index in [2.05, 4.69) is 25.8 Å². The van der Waals surface area contributed by atoms with Crippen LogP contribution >= 0.6 is 0 Å². The van der Waals surface area contributed by atoms with Crippen LogP contribution < -0.4 is 17.2 Å². The highest BCUT2D eigenvalue weighted by Gasteiger charge is 2.41. The second kappa shape index (κ2) is 45.5. The van der Waals surface area contributed by atoms with Crippen LogP contribution in [0.15, 0.2) is 4.99 Å². The molecule has 0 saturated carbocycles. The molecular formula is C40H98N4O12Si4. The molecule has 0 amide bonds. The molecule has 60 heavy (non-hydrogen) atoms. The zero-order valence-corrected chi connectivity index (χ0v) is 45.4. The average Bonchev–Trinajstić information content (AvgIpc) is 3.21. The van der Waals surface area contributed by atoms with Gasteiger partial charge in [-0.1, -0.05) is 13.8 Å². The van der Waals surface area contributed by atoms with E-state index in [4.69, 9.17) is 70.3 Å². The van der Waals surface area contributed by atoms with Gasteiger partial charge in [-0.15, -0.1) is 0 Å². The SMILES string of the molecule is CCO[Si](CCCCN)(OCC)OCC.CCO[Si](CCCN)(OCC)OCC.CCO[Si](CCCN=C(C)CC(C)C)(OCC)OCC.CO[Si](CCCN)(OC)OC. The second-order valence-electron chi connectivity index (χ2n) is 13.6. The number of hydrogen-bond acceptors (Lipinski definition) is 16. The van der Waals surface area contributed by atoms with Crippen molar-refractivity contribution in [2.24, 2.45) is 28.1 Å². The molecule has 0 bridgehead atoms. The molecule has 0 spiro atoms. The Morgan fingerprint density at radius 2 is 0.683 bits per heavy atom.